The SMILES string of the molecule is Cc1ccc(NC(=S)NC(C)c2ccc(N3CCCCC3)cc2)cc1. The molecule has 1 unspecified atom stereocenters. The summed E-state index contributed by atoms with van der Waals surface area (Å²) in [5.74, 6) is 0. The molecule has 2 aromatic rings. The van der Waals surface area contributed by atoms with Crippen molar-refractivity contribution in [2.45, 2.75) is 39.2 Å². The number of piperidine rings is 1. The van der Waals surface area contributed by atoms with Crippen molar-refractivity contribution in [1.82, 2.24) is 5.32 Å². The number of nitrogens with zero attached hydrogens (tertiary/aromatic N) is 1. The van der Waals surface area contributed by atoms with E-state index in [1.54, 1.807) is 0 Å². The number of aryl methyl sites for hydroxylation is 1. The molecule has 3 nitrogen and oxygen atoms in total. The Balaban J connectivity index is 1.55. The molecular formula is C21H27N3S. The quantitative estimate of drug-likeness (QED) is 0.754. The van der Waals surface area contributed by atoms with Gasteiger partial charge in [0.25, 0.3) is 0 Å². The highest BCUT2D eigenvalue weighted by Crippen LogP contribution is 2.22. The molecule has 0 aromatic heterocycles. The number of benzene rings is 2. The molecule has 3 rings (SSSR count). The van der Waals surface area contributed by atoms with Gasteiger partial charge >= 0.3 is 0 Å². The van der Waals surface area contributed by atoms with Crippen molar-refractivity contribution < 1.29 is 0 Å². The first-order valence-electron chi connectivity index (χ1n) is 9.11. The molecule has 0 aliphatic carbocycles. The summed E-state index contributed by atoms with van der Waals surface area (Å²) < 4.78 is 0. The molecule has 1 aliphatic heterocycles. The molecule has 2 N–H and O–H groups in total. The molecule has 4 heteroatoms. The molecule has 1 saturated heterocycles. The lowest BCUT2D eigenvalue weighted by Gasteiger charge is -2.29. The van der Waals surface area contributed by atoms with Gasteiger partial charge in [0.2, 0.25) is 0 Å². The Bertz CT molecular complexity index is 688. The van der Waals surface area contributed by atoms with Crippen molar-refractivity contribution in [3.05, 3.63) is 59.7 Å². The summed E-state index contributed by atoms with van der Waals surface area (Å²) in [7, 11) is 0. The van der Waals surface area contributed by atoms with Gasteiger partial charge in [-0.2, -0.15) is 0 Å². The van der Waals surface area contributed by atoms with Crippen LogP contribution in [0.3, 0.4) is 0 Å². The fourth-order valence-electron chi connectivity index (χ4n) is 3.21. The maximum Gasteiger partial charge on any atom is 0.171 e. The zero-order valence-corrected chi connectivity index (χ0v) is 15.9. The number of nitrogens with one attached hydrogen (secondary N) is 2. The van der Waals surface area contributed by atoms with Gasteiger partial charge in [-0.15, -0.1) is 0 Å². The minimum atomic E-state index is 0.167. The van der Waals surface area contributed by atoms with Crippen LogP contribution >= 0.6 is 12.2 Å². The summed E-state index contributed by atoms with van der Waals surface area (Å²) in [6.07, 6.45) is 3.97. The van der Waals surface area contributed by atoms with E-state index in [1.165, 1.54) is 49.2 Å². The highest BCUT2D eigenvalue weighted by Gasteiger charge is 2.12. The topological polar surface area (TPSA) is 27.3 Å². The lowest BCUT2D eigenvalue weighted by Crippen LogP contribution is -2.31. The minimum Gasteiger partial charge on any atom is -0.372 e. The maximum atomic E-state index is 5.44. The Hall–Kier alpha value is -2.07. The van der Waals surface area contributed by atoms with Crippen LogP contribution in [0.1, 0.15) is 43.4 Å². The van der Waals surface area contributed by atoms with E-state index in [2.05, 4.69) is 65.8 Å². The number of hydrogen-bond donors (Lipinski definition) is 2. The number of thiocarbonyl (C=S) groups is 1. The maximum absolute atomic E-state index is 5.44. The molecule has 2 aromatic carbocycles. The normalized spacial score (nSPS) is 15.5. The van der Waals surface area contributed by atoms with Crippen LogP contribution in [0.25, 0.3) is 0 Å². The molecule has 1 heterocycles. The average Bonchev–Trinajstić information content (AvgIpc) is 2.64. The standard InChI is InChI=1S/C21H27N3S/c1-16-6-10-19(11-7-16)23-21(25)22-17(2)18-8-12-20(13-9-18)24-14-4-3-5-15-24/h6-13,17H,3-5,14-15H2,1-2H3,(H2,22,23,25). The Kier molecular flexibility index (Phi) is 5.92. The van der Waals surface area contributed by atoms with Crippen molar-refractivity contribution in [3.63, 3.8) is 0 Å². The molecule has 1 aliphatic rings. The lowest BCUT2D eigenvalue weighted by molar-refractivity contribution is 0.577. The van der Waals surface area contributed by atoms with Gasteiger partial charge in [0.1, 0.15) is 0 Å². The van der Waals surface area contributed by atoms with Gasteiger partial charge in [-0.3, -0.25) is 0 Å². The van der Waals surface area contributed by atoms with Crippen LogP contribution < -0.4 is 15.5 Å². The molecule has 0 spiro atoms. The first-order valence-corrected chi connectivity index (χ1v) is 9.52. The van der Waals surface area contributed by atoms with Crippen molar-refractivity contribution >= 4 is 28.7 Å². The fraction of sp³-hybridized carbons (Fsp3) is 0.381. The van der Waals surface area contributed by atoms with Crippen LogP contribution in [0.4, 0.5) is 11.4 Å². The van der Waals surface area contributed by atoms with E-state index in [0.29, 0.717) is 5.11 Å². The molecule has 0 amide bonds. The van der Waals surface area contributed by atoms with E-state index >= 15 is 0 Å². The van der Waals surface area contributed by atoms with Gasteiger partial charge in [-0.05, 0) is 75.2 Å². The van der Waals surface area contributed by atoms with Crippen LogP contribution in [0.15, 0.2) is 48.5 Å². The summed E-state index contributed by atoms with van der Waals surface area (Å²) >= 11 is 5.44. The van der Waals surface area contributed by atoms with E-state index in [-0.39, 0.29) is 6.04 Å². The highest BCUT2D eigenvalue weighted by molar-refractivity contribution is 7.80. The molecule has 25 heavy (non-hydrogen) atoms. The van der Waals surface area contributed by atoms with Gasteiger partial charge in [0.05, 0.1) is 6.04 Å². The summed E-state index contributed by atoms with van der Waals surface area (Å²) in [4.78, 5) is 2.48. The summed E-state index contributed by atoms with van der Waals surface area (Å²) in [5, 5.41) is 7.26. The van der Waals surface area contributed by atoms with Crippen LogP contribution in [0, 0.1) is 6.92 Å². The third-order valence-electron chi connectivity index (χ3n) is 4.77. The number of anilines is 2. The number of hydrogen-bond acceptors (Lipinski definition) is 2. The third kappa shape index (κ3) is 4.95. The van der Waals surface area contributed by atoms with E-state index < -0.39 is 0 Å². The first-order chi connectivity index (χ1) is 12.1. The van der Waals surface area contributed by atoms with Crippen molar-refractivity contribution in [1.29, 1.82) is 0 Å². The monoisotopic (exact) mass is 353 g/mol. The van der Waals surface area contributed by atoms with Gasteiger partial charge in [0, 0.05) is 24.5 Å². The first kappa shape index (κ1) is 17.7. The van der Waals surface area contributed by atoms with Crippen molar-refractivity contribution in [2.75, 3.05) is 23.3 Å². The largest absolute Gasteiger partial charge is 0.372 e. The van der Waals surface area contributed by atoms with Gasteiger partial charge < -0.3 is 15.5 Å². The average molecular weight is 354 g/mol. The summed E-state index contributed by atoms with van der Waals surface area (Å²) in [6, 6.07) is 17.3. The number of rotatable bonds is 4. The zero-order valence-electron chi connectivity index (χ0n) is 15.1. The molecule has 132 valence electrons. The van der Waals surface area contributed by atoms with E-state index in [1.807, 2.05) is 12.1 Å². The Morgan fingerprint density at radius 2 is 1.60 bits per heavy atom. The summed E-state index contributed by atoms with van der Waals surface area (Å²) in [6.45, 7) is 6.57. The van der Waals surface area contributed by atoms with E-state index in [9.17, 15) is 0 Å². The predicted octanol–water partition coefficient (Wildman–Crippen LogP) is 5.03. The zero-order chi connectivity index (χ0) is 17.6. The molecule has 0 radical (unpaired) electrons. The fourth-order valence-corrected chi connectivity index (χ4v) is 3.50. The van der Waals surface area contributed by atoms with Crippen molar-refractivity contribution in [2.24, 2.45) is 0 Å². The highest BCUT2D eigenvalue weighted by atomic mass is 32.1. The second kappa shape index (κ2) is 8.34. The second-order valence-corrected chi connectivity index (χ2v) is 7.23. The third-order valence-corrected chi connectivity index (χ3v) is 4.99. The van der Waals surface area contributed by atoms with Crippen LogP contribution in [0.2, 0.25) is 0 Å². The van der Waals surface area contributed by atoms with E-state index in [0.717, 1.165) is 5.69 Å². The second-order valence-electron chi connectivity index (χ2n) is 6.83. The Labute approximate surface area is 156 Å². The molecule has 1 atom stereocenters. The van der Waals surface area contributed by atoms with Gasteiger partial charge in [-0.25, -0.2) is 0 Å². The van der Waals surface area contributed by atoms with E-state index in [4.69, 9.17) is 12.2 Å². The molecule has 1 fully saturated rings. The Morgan fingerprint density at radius 1 is 0.960 bits per heavy atom. The smallest absolute Gasteiger partial charge is 0.171 e. The molecular weight excluding hydrogens is 326 g/mol. The van der Waals surface area contributed by atoms with Crippen molar-refractivity contribution in [3.8, 4) is 0 Å². The summed E-state index contributed by atoms with van der Waals surface area (Å²) in [5.41, 5.74) is 4.83. The van der Waals surface area contributed by atoms with Gasteiger partial charge in [0.15, 0.2) is 5.11 Å². The predicted molar refractivity (Wildman–Crippen MR) is 111 cm³/mol. The molecule has 0 bridgehead atoms. The Morgan fingerprint density at radius 3 is 2.24 bits per heavy atom. The minimum absolute atomic E-state index is 0.167. The lowest BCUT2D eigenvalue weighted by atomic mass is 10.1. The van der Waals surface area contributed by atoms with Crippen LogP contribution in [-0.2, 0) is 0 Å². The molecule has 0 saturated carbocycles. The van der Waals surface area contributed by atoms with Crippen LogP contribution in [0.5, 0.6) is 0 Å². The van der Waals surface area contributed by atoms with Crippen LogP contribution in [-0.4, -0.2) is 18.2 Å². The van der Waals surface area contributed by atoms with Gasteiger partial charge in [-0.1, -0.05) is 29.8 Å².